The van der Waals surface area contributed by atoms with E-state index in [1.54, 1.807) is 4.44 Å². The smallest absolute Gasteiger partial charge is 1.00 e. The molecule has 3 unspecified atom stereocenters. The van der Waals surface area contributed by atoms with Crippen molar-refractivity contribution in [3.8, 4) is 0 Å². The largest absolute Gasteiger partial charge is 1.00 e. The molecule has 0 aromatic rings. The summed E-state index contributed by atoms with van der Waals surface area (Å²) in [5.74, 6) is -0.696. The second kappa shape index (κ2) is 24.5. The molecule has 0 radical (unpaired) electrons. The minimum absolute atomic E-state index is 0. The summed E-state index contributed by atoms with van der Waals surface area (Å²) in [6.07, 6.45) is 14.8. The summed E-state index contributed by atoms with van der Waals surface area (Å²) in [6.45, 7) is 13.0. The second-order valence-electron chi connectivity index (χ2n) is 10.7. The maximum atomic E-state index is 12.2. The van der Waals surface area contributed by atoms with Crippen LogP contribution in [0.4, 0.5) is 0 Å². The number of ether oxygens (including phenoxy) is 2. The molecular formula is C29H54AlNaO7S. The van der Waals surface area contributed by atoms with Crippen molar-refractivity contribution in [2.75, 3.05) is 13.2 Å². The molecule has 0 bridgehead atoms. The van der Waals surface area contributed by atoms with Gasteiger partial charge in [-0.15, -0.1) is 4.44 Å². The minimum atomic E-state index is -4.76. The first-order chi connectivity index (χ1) is 18.0. The molecule has 1 aliphatic carbocycles. The van der Waals surface area contributed by atoms with Gasteiger partial charge in [0.25, 0.3) is 25.3 Å². The van der Waals surface area contributed by atoms with E-state index >= 15 is 0 Å². The van der Waals surface area contributed by atoms with Gasteiger partial charge in [-0.1, -0.05) is 109 Å². The third kappa shape index (κ3) is 21.3. The van der Waals surface area contributed by atoms with Crippen molar-refractivity contribution in [1.82, 2.24) is 0 Å². The van der Waals surface area contributed by atoms with Gasteiger partial charge < -0.3 is 10.9 Å². The summed E-state index contributed by atoms with van der Waals surface area (Å²) >= 11 is 0.139. The summed E-state index contributed by atoms with van der Waals surface area (Å²) in [7, 11) is -4.76. The standard InChI is InChI=1S/C20H38O7S.C5H5.C4H9.Al.Na.2H/c1-5-9-11-16(7-3)14-26-19(21)13-18(28(23,24)25)20(22)27-15-17(8-4)12-10-6-2;1-2-4-5-3-1;1-4(2)3;;;;/h16-18H,5-15H2,1-4H3,(H,23,24,25);1-3H,4H2;4H,1H2,2-3H3;;;;/q;;;;+1;;-1. The van der Waals surface area contributed by atoms with E-state index in [0.717, 1.165) is 57.3 Å². The first-order valence-electron chi connectivity index (χ1n) is 14.6. The first-order valence-corrected chi connectivity index (χ1v) is 17.8. The molecule has 1 rings (SSSR count). The Morgan fingerprint density at radius 3 is 1.95 bits per heavy atom. The molecule has 39 heavy (non-hydrogen) atoms. The zero-order chi connectivity index (χ0) is 29.0. The summed E-state index contributed by atoms with van der Waals surface area (Å²) in [4.78, 5) is 24.2. The van der Waals surface area contributed by atoms with Crippen LogP contribution in [0.5, 0.6) is 0 Å². The van der Waals surface area contributed by atoms with Crippen LogP contribution in [0, 0.1) is 17.8 Å². The Labute approximate surface area is 268 Å². The Balaban J connectivity index is -0.000000956. The summed E-state index contributed by atoms with van der Waals surface area (Å²) in [5.41, 5.74) is 0. The quantitative estimate of drug-likeness (QED) is 0.138. The van der Waals surface area contributed by atoms with Crippen LogP contribution in [0.15, 0.2) is 22.7 Å². The molecule has 222 valence electrons. The molecular weight excluding hydrogens is 542 g/mol. The Morgan fingerprint density at radius 2 is 1.54 bits per heavy atom. The fraction of sp³-hybridized carbons (Fsp3) is 0.793. The van der Waals surface area contributed by atoms with Crippen LogP contribution in [0.1, 0.15) is 107 Å². The second-order valence-corrected chi connectivity index (χ2v) is 14.3. The van der Waals surface area contributed by atoms with Crippen LogP contribution in [0.3, 0.4) is 0 Å². The number of esters is 2. The van der Waals surface area contributed by atoms with Gasteiger partial charge in [0.2, 0.25) is 0 Å². The maximum Gasteiger partial charge on any atom is 1.00 e. The maximum absolute atomic E-state index is 12.2. The average Bonchev–Trinajstić information content (AvgIpc) is 3.39. The van der Waals surface area contributed by atoms with Gasteiger partial charge in [-0.05, 0) is 31.1 Å². The molecule has 0 saturated carbocycles. The van der Waals surface area contributed by atoms with Crippen molar-refractivity contribution in [3.05, 3.63) is 22.7 Å². The van der Waals surface area contributed by atoms with Crippen molar-refractivity contribution < 1.29 is 63.0 Å². The van der Waals surface area contributed by atoms with Crippen LogP contribution >= 0.6 is 0 Å². The fourth-order valence-electron chi connectivity index (χ4n) is 3.97. The molecule has 7 nitrogen and oxygen atoms in total. The Kier molecular flexibility index (Phi) is 25.7. The number of hydrogen-bond acceptors (Lipinski definition) is 6. The van der Waals surface area contributed by atoms with Crippen LogP contribution in [-0.4, -0.2) is 58.6 Å². The summed E-state index contributed by atoms with van der Waals surface area (Å²) in [5, 5.41) is -0.465. The first kappa shape index (κ1) is 41.0. The number of allylic oxidation sites excluding steroid dienone is 4. The third-order valence-electron chi connectivity index (χ3n) is 6.89. The summed E-state index contributed by atoms with van der Waals surface area (Å²) < 4.78 is 44.5. The topological polar surface area (TPSA) is 107 Å². The van der Waals surface area contributed by atoms with Crippen molar-refractivity contribution in [1.29, 1.82) is 0 Å². The van der Waals surface area contributed by atoms with E-state index in [2.05, 4.69) is 45.9 Å². The third-order valence-corrected chi connectivity index (χ3v) is 10.6. The number of carbonyl (C=O) groups excluding carboxylic acids is 2. The van der Waals surface area contributed by atoms with E-state index in [9.17, 15) is 22.6 Å². The Morgan fingerprint density at radius 1 is 1.00 bits per heavy atom. The zero-order valence-corrected chi connectivity index (χ0v) is 30.0. The number of carbonyl (C=O) groups is 2. The Hall–Kier alpha value is -0.138. The molecule has 0 heterocycles. The number of unbranched alkanes of at least 4 members (excludes halogenated alkanes) is 2. The normalized spacial score (nSPS) is 14.8. The van der Waals surface area contributed by atoms with E-state index < -0.39 is 33.7 Å². The molecule has 0 amide bonds. The van der Waals surface area contributed by atoms with Crippen molar-refractivity contribution in [2.45, 2.75) is 116 Å². The molecule has 0 aliphatic heterocycles. The summed E-state index contributed by atoms with van der Waals surface area (Å²) in [6, 6.07) is 0. The van der Waals surface area contributed by atoms with Gasteiger partial charge in [-0.3, -0.25) is 14.1 Å². The molecule has 0 aromatic heterocycles. The predicted octanol–water partition coefficient (Wildman–Crippen LogP) is 3.61. The van der Waals surface area contributed by atoms with Crippen molar-refractivity contribution in [2.24, 2.45) is 17.8 Å². The van der Waals surface area contributed by atoms with Crippen LogP contribution in [0.25, 0.3) is 0 Å². The molecule has 3 atom stereocenters. The van der Waals surface area contributed by atoms with Gasteiger partial charge in [0.15, 0.2) is 5.25 Å². The molecule has 0 spiro atoms. The van der Waals surface area contributed by atoms with E-state index in [-0.39, 0.29) is 71.3 Å². The van der Waals surface area contributed by atoms with E-state index in [1.807, 2.05) is 13.8 Å². The van der Waals surface area contributed by atoms with Crippen molar-refractivity contribution in [3.63, 3.8) is 0 Å². The average molecular weight is 597 g/mol. The molecule has 1 aliphatic rings. The molecule has 1 N–H and O–H groups in total. The molecule has 10 heteroatoms. The Bertz CT molecular complexity index is 834. The SMILES string of the molecule is CC(C)[CH2][AlH][C]1=CC=CC1.CCCCC(CC)COC(=O)CC(C(=O)OCC(CC)CCCC)S(=O)(=O)O.[H-].[Na+]. The van der Waals surface area contributed by atoms with E-state index in [4.69, 9.17) is 9.47 Å². The molecule has 0 aromatic carbocycles. The van der Waals surface area contributed by atoms with Crippen LogP contribution in [-0.2, 0) is 29.2 Å². The monoisotopic (exact) mass is 596 g/mol. The van der Waals surface area contributed by atoms with Gasteiger partial charge in [-0.25, -0.2) is 0 Å². The van der Waals surface area contributed by atoms with Crippen molar-refractivity contribution >= 4 is 37.3 Å². The predicted molar refractivity (Wildman–Crippen MR) is 158 cm³/mol. The minimum Gasteiger partial charge on any atom is -1.00 e. The van der Waals surface area contributed by atoms with Gasteiger partial charge >= 0.3 is 41.5 Å². The van der Waals surface area contributed by atoms with Gasteiger partial charge in [0.1, 0.15) is 0 Å². The zero-order valence-electron chi connectivity index (χ0n) is 26.7. The van der Waals surface area contributed by atoms with Gasteiger partial charge in [0, 0.05) is 0 Å². The number of rotatable bonds is 19. The van der Waals surface area contributed by atoms with Crippen LogP contribution in [0.2, 0.25) is 5.28 Å². The van der Waals surface area contributed by atoms with E-state index in [1.165, 1.54) is 11.7 Å². The molecule has 0 fully saturated rings. The molecule has 0 saturated heterocycles. The van der Waals surface area contributed by atoms with Gasteiger partial charge in [0.05, 0.1) is 19.6 Å². The fourth-order valence-corrected chi connectivity index (χ4v) is 6.25. The number of hydrogen-bond donors (Lipinski definition) is 1. The van der Waals surface area contributed by atoms with Crippen LogP contribution < -0.4 is 29.6 Å². The van der Waals surface area contributed by atoms with Gasteiger partial charge in [-0.2, -0.15) is 8.42 Å². The van der Waals surface area contributed by atoms with E-state index in [0.29, 0.717) is 0 Å².